The van der Waals surface area contributed by atoms with Crippen molar-refractivity contribution in [3.63, 3.8) is 0 Å². The number of primary amides is 1. The van der Waals surface area contributed by atoms with E-state index in [0.29, 0.717) is 0 Å². The molecule has 0 saturated heterocycles. The maximum absolute atomic E-state index is 12.1. The van der Waals surface area contributed by atoms with Crippen LogP contribution in [0.4, 0.5) is 5.69 Å². The molecular formula is C11H15N3O3S2. The molecule has 5 N–H and O–H groups in total. The third-order valence-corrected chi connectivity index (χ3v) is 4.76. The Balaban J connectivity index is 3.04. The summed E-state index contributed by atoms with van der Waals surface area (Å²) in [6, 6.07) is 5.88. The fourth-order valence-electron chi connectivity index (χ4n) is 1.54. The van der Waals surface area contributed by atoms with Crippen LogP contribution in [0.2, 0.25) is 0 Å². The maximum Gasteiger partial charge on any atom is 0.248 e. The molecule has 1 atom stereocenters. The van der Waals surface area contributed by atoms with Gasteiger partial charge >= 0.3 is 0 Å². The maximum atomic E-state index is 12.1. The first-order valence-corrected chi connectivity index (χ1v) is 7.44. The monoisotopic (exact) mass is 301 g/mol. The minimum absolute atomic E-state index is 0.0962. The lowest BCUT2D eigenvalue weighted by atomic mass is 10.2. The van der Waals surface area contributed by atoms with Crippen molar-refractivity contribution in [3.05, 3.63) is 29.8 Å². The number of sulfonamides is 1. The van der Waals surface area contributed by atoms with E-state index in [1.165, 1.54) is 24.3 Å². The predicted molar refractivity (Wildman–Crippen MR) is 78.4 cm³/mol. The molecule has 0 aliphatic rings. The highest BCUT2D eigenvalue weighted by molar-refractivity contribution is 7.95. The average molecular weight is 301 g/mol. The van der Waals surface area contributed by atoms with Crippen molar-refractivity contribution < 1.29 is 13.2 Å². The van der Waals surface area contributed by atoms with Crippen molar-refractivity contribution in [2.75, 3.05) is 4.72 Å². The Morgan fingerprint density at radius 3 is 2.53 bits per heavy atom. The fraction of sp³-hybridized carbons (Fsp3) is 0.273. The van der Waals surface area contributed by atoms with E-state index in [0.717, 1.165) is 0 Å². The number of carbonyl (C=O) groups excluding carboxylic acids is 1. The van der Waals surface area contributed by atoms with Crippen molar-refractivity contribution in [1.82, 2.24) is 0 Å². The van der Waals surface area contributed by atoms with Gasteiger partial charge in [0.05, 0.1) is 4.99 Å². The summed E-state index contributed by atoms with van der Waals surface area (Å²) in [7, 11) is -3.74. The van der Waals surface area contributed by atoms with Gasteiger partial charge in [-0.3, -0.25) is 9.52 Å². The number of amides is 1. The first-order valence-electron chi connectivity index (χ1n) is 5.48. The minimum atomic E-state index is -3.74. The number of benzene rings is 1. The van der Waals surface area contributed by atoms with Crippen LogP contribution in [-0.4, -0.2) is 24.6 Å². The van der Waals surface area contributed by atoms with Crippen molar-refractivity contribution in [2.45, 2.75) is 18.6 Å². The minimum Gasteiger partial charge on any atom is -0.392 e. The normalized spacial score (nSPS) is 12.7. The molecule has 0 heterocycles. The molecule has 1 aromatic rings. The van der Waals surface area contributed by atoms with Gasteiger partial charge < -0.3 is 11.5 Å². The summed E-state index contributed by atoms with van der Waals surface area (Å²) in [5.74, 6) is -0.637. The van der Waals surface area contributed by atoms with Crippen molar-refractivity contribution in [1.29, 1.82) is 0 Å². The molecule has 1 rings (SSSR count). The lowest BCUT2D eigenvalue weighted by Gasteiger charge is -2.16. The van der Waals surface area contributed by atoms with Crippen LogP contribution in [-0.2, 0) is 10.0 Å². The van der Waals surface area contributed by atoms with E-state index in [9.17, 15) is 13.2 Å². The molecule has 1 aromatic carbocycles. The molecule has 0 aliphatic heterocycles. The summed E-state index contributed by atoms with van der Waals surface area (Å²) in [5.41, 5.74) is 11.0. The summed E-state index contributed by atoms with van der Waals surface area (Å²) < 4.78 is 26.5. The molecule has 0 fully saturated rings. The molecule has 8 heteroatoms. The topological polar surface area (TPSA) is 115 Å². The second kappa shape index (κ2) is 5.98. The van der Waals surface area contributed by atoms with Crippen LogP contribution in [0.25, 0.3) is 0 Å². The van der Waals surface area contributed by atoms with E-state index >= 15 is 0 Å². The van der Waals surface area contributed by atoms with Crippen molar-refractivity contribution in [3.8, 4) is 0 Å². The fourth-order valence-corrected chi connectivity index (χ4v) is 3.43. The second-order valence-corrected chi connectivity index (χ2v) is 6.23. The van der Waals surface area contributed by atoms with Crippen molar-refractivity contribution >= 4 is 38.8 Å². The smallest absolute Gasteiger partial charge is 0.248 e. The summed E-state index contributed by atoms with van der Waals surface area (Å²) >= 11 is 4.73. The summed E-state index contributed by atoms with van der Waals surface area (Å²) in [6.45, 7) is 1.67. The number of thiocarbonyl (C=S) groups is 1. The Morgan fingerprint density at radius 1 is 1.42 bits per heavy atom. The molecule has 0 saturated carbocycles. The quantitative estimate of drug-likeness (QED) is 0.665. The highest BCUT2D eigenvalue weighted by Gasteiger charge is 2.26. The number of nitrogens with two attached hydrogens (primary N) is 2. The van der Waals surface area contributed by atoms with Crippen LogP contribution < -0.4 is 16.2 Å². The van der Waals surface area contributed by atoms with Crippen molar-refractivity contribution in [2.24, 2.45) is 11.5 Å². The molecule has 0 bridgehead atoms. The number of carbonyl (C=O) groups is 1. The zero-order valence-corrected chi connectivity index (χ0v) is 11.9. The molecule has 0 aromatic heterocycles. The van der Waals surface area contributed by atoms with Gasteiger partial charge in [0.15, 0.2) is 0 Å². The Morgan fingerprint density at radius 2 is 2.05 bits per heavy atom. The highest BCUT2D eigenvalue weighted by atomic mass is 32.2. The molecule has 1 amide bonds. The molecule has 0 aliphatic carbocycles. The van der Waals surface area contributed by atoms with Crippen LogP contribution in [0.5, 0.6) is 0 Å². The van der Waals surface area contributed by atoms with E-state index in [4.69, 9.17) is 23.7 Å². The van der Waals surface area contributed by atoms with Gasteiger partial charge in [0.2, 0.25) is 15.9 Å². The number of rotatable bonds is 6. The van der Waals surface area contributed by atoms with Gasteiger partial charge in [-0.2, -0.15) is 0 Å². The van der Waals surface area contributed by atoms with Gasteiger partial charge in [0, 0.05) is 11.3 Å². The van der Waals surface area contributed by atoms with E-state index in [2.05, 4.69) is 4.72 Å². The molecule has 1 unspecified atom stereocenters. The van der Waals surface area contributed by atoms with E-state index < -0.39 is 21.2 Å². The van der Waals surface area contributed by atoms with Gasteiger partial charge in [-0.15, -0.1) is 0 Å². The third-order valence-electron chi connectivity index (χ3n) is 2.47. The van der Waals surface area contributed by atoms with Gasteiger partial charge in [-0.05, 0) is 24.6 Å². The third kappa shape index (κ3) is 3.90. The molecule has 0 spiro atoms. The summed E-state index contributed by atoms with van der Waals surface area (Å²) in [5, 5.41) is -0.959. The Hall–Kier alpha value is -1.67. The Labute approximate surface area is 117 Å². The van der Waals surface area contributed by atoms with E-state index in [1.807, 2.05) is 0 Å². The summed E-state index contributed by atoms with van der Waals surface area (Å²) in [6.07, 6.45) is 0.264. The molecule has 6 nitrogen and oxygen atoms in total. The SMILES string of the molecule is CCC(C(N)=S)S(=O)(=O)Nc1cccc(C(N)=O)c1. The molecular weight excluding hydrogens is 286 g/mol. The molecule has 0 radical (unpaired) electrons. The van der Waals surface area contributed by atoms with Crippen LogP contribution in [0, 0.1) is 0 Å². The van der Waals surface area contributed by atoms with Crippen LogP contribution >= 0.6 is 12.2 Å². The van der Waals surface area contributed by atoms with Crippen LogP contribution in [0.1, 0.15) is 23.7 Å². The Bertz CT molecular complexity index is 599. The molecule has 19 heavy (non-hydrogen) atoms. The first-order chi connectivity index (χ1) is 8.77. The lowest BCUT2D eigenvalue weighted by molar-refractivity contribution is 0.100. The average Bonchev–Trinajstić information content (AvgIpc) is 2.28. The largest absolute Gasteiger partial charge is 0.392 e. The van der Waals surface area contributed by atoms with Gasteiger partial charge in [0.1, 0.15) is 5.25 Å². The van der Waals surface area contributed by atoms with E-state index in [-0.39, 0.29) is 22.7 Å². The predicted octanol–water partition coefficient (Wildman–Crippen LogP) is 0.592. The number of nitrogens with one attached hydrogen (secondary N) is 1. The van der Waals surface area contributed by atoms with Gasteiger partial charge in [0.25, 0.3) is 0 Å². The zero-order valence-electron chi connectivity index (χ0n) is 10.3. The zero-order chi connectivity index (χ0) is 14.6. The highest BCUT2D eigenvalue weighted by Crippen LogP contribution is 2.15. The number of hydrogen-bond donors (Lipinski definition) is 3. The van der Waals surface area contributed by atoms with Crippen LogP contribution in [0.3, 0.4) is 0 Å². The molecule has 104 valence electrons. The van der Waals surface area contributed by atoms with Gasteiger partial charge in [-0.25, -0.2) is 8.42 Å². The lowest BCUT2D eigenvalue weighted by Crippen LogP contribution is -2.37. The van der Waals surface area contributed by atoms with Crippen LogP contribution in [0.15, 0.2) is 24.3 Å². The summed E-state index contributed by atoms with van der Waals surface area (Å²) in [4.78, 5) is 10.9. The Kier molecular flexibility index (Phi) is 4.84. The first kappa shape index (κ1) is 15.4. The van der Waals surface area contributed by atoms with Gasteiger partial charge in [-0.1, -0.05) is 25.2 Å². The number of hydrogen-bond acceptors (Lipinski definition) is 4. The second-order valence-electron chi connectivity index (χ2n) is 3.89. The number of anilines is 1. The standard InChI is InChI=1S/C11H15N3O3S2/c1-2-9(11(13)18)19(16,17)14-8-5-3-4-7(6-8)10(12)15/h3-6,9,14H,2H2,1H3,(H2,12,15)(H2,13,18). The van der Waals surface area contributed by atoms with E-state index in [1.54, 1.807) is 6.92 Å².